The molecule has 8 heteroatoms. The zero-order valence-electron chi connectivity index (χ0n) is 19.7. The van der Waals surface area contributed by atoms with Gasteiger partial charge in [-0.3, -0.25) is 4.79 Å². The molecule has 0 saturated heterocycles. The normalized spacial score (nSPS) is 12.8. The first kappa shape index (κ1) is 23.3. The third-order valence-electron chi connectivity index (χ3n) is 6.23. The number of phenols is 1. The van der Waals surface area contributed by atoms with Gasteiger partial charge in [0.1, 0.15) is 11.6 Å². The summed E-state index contributed by atoms with van der Waals surface area (Å²) in [6.07, 6.45) is 1.89. The highest BCUT2D eigenvalue weighted by Crippen LogP contribution is 2.42. The van der Waals surface area contributed by atoms with Gasteiger partial charge in [0.25, 0.3) is 5.91 Å². The quantitative estimate of drug-likeness (QED) is 0.332. The lowest BCUT2D eigenvalue weighted by molar-refractivity contribution is 0.102. The maximum absolute atomic E-state index is 13.9. The fourth-order valence-corrected chi connectivity index (χ4v) is 4.10. The number of aromatic nitrogens is 2. The second kappa shape index (κ2) is 9.65. The summed E-state index contributed by atoms with van der Waals surface area (Å²) in [4.78, 5) is 25.5. The number of phenolic OH excluding ortho intramolecular Hbond substituents is 1. The van der Waals surface area contributed by atoms with Crippen LogP contribution in [0.15, 0.2) is 72.8 Å². The molecule has 0 spiro atoms. The Morgan fingerprint density at radius 1 is 1.06 bits per heavy atom. The van der Waals surface area contributed by atoms with Gasteiger partial charge < -0.3 is 15.7 Å². The van der Waals surface area contributed by atoms with Crippen molar-refractivity contribution in [1.29, 1.82) is 0 Å². The van der Waals surface area contributed by atoms with Gasteiger partial charge in [0.15, 0.2) is 0 Å². The van der Waals surface area contributed by atoms with Gasteiger partial charge in [-0.05, 0) is 55.7 Å². The van der Waals surface area contributed by atoms with E-state index in [4.69, 9.17) is 0 Å². The lowest BCUT2D eigenvalue weighted by Crippen LogP contribution is -2.30. The molecule has 1 heterocycles. The van der Waals surface area contributed by atoms with Gasteiger partial charge in [0, 0.05) is 40.9 Å². The molecule has 2 amide bonds. The Morgan fingerprint density at radius 2 is 1.81 bits per heavy atom. The van der Waals surface area contributed by atoms with Crippen LogP contribution in [0.4, 0.5) is 14.9 Å². The Hall–Kier alpha value is -4.46. The smallest absolute Gasteiger partial charge is 0.342 e. The summed E-state index contributed by atoms with van der Waals surface area (Å²) >= 11 is 0. The number of anilines is 1. The van der Waals surface area contributed by atoms with Crippen molar-refractivity contribution in [2.24, 2.45) is 0 Å². The Kier molecular flexibility index (Phi) is 6.25. The van der Waals surface area contributed by atoms with Crippen LogP contribution in [0.25, 0.3) is 11.3 Å². The molecule has 1 fully saturated rings. The molecule has 0 unspecified atom stereocenters. The summed E-state index contributed by atoms with van der Waals surface area (Å²) in [7, 11) is 0. The highest BCUT2D eigenvalue weighted by molar-refractivity contribution is 6.05. The Bertz CT molecular complexity index is 1460. The second-order valence-corrected chi connectivity index (χ2v) is 8.89. The predicted octanol–water partition coefficient (Wildman–Crippen LogP) is 5.59. The minimum atomic E-state index is -0.465. The second-order valence-electron chi connectivity index (χ2n) is 8.89. The predicted molar refractivity (Wildman–Crippen MR) is 134 cm³/mol. The minimum Gasteiger partial charge on any atom is -0.507 e. The van der Waals surface area contributed by atoms with E-state index in [0.717, 1.165) is 24.1 Å². The molecule has 36 heavy (non-hydrogen) atoms. The van der Waals surface area contributed by atoms with Crippen LogP contribution >= 0.6 is 0 Å². The van der Waals surface area contributed by atoms with E-state index >= 15 is 0 Å². The summed E-state index contributed by atoms with van der Waals surface area (Å²) in [5.74, 6) is -0.524. The molecule has 1 aromatic heterocycles. The molecular formula is C28H25FN4O3. The number of carbonyl (C=O) groups is 2. The first-order valence-electron chi connectivity index (χ1n) is 11.7. The standard InChI is InChI=1S/C28H25FN4O3/c1-17-6-2-4-8-21(17)27(35)31-20-12-13-22(26(34)14-20)24-15-25(18-10-11-18)33(32-24)28(36)30-16-19-7-3-5-9-23(19)29/h2-9,12-15,18,34H,10-11,16H2,1H3,(H,30,36)(H,31,35). The van der Waals surface area contributed by atoms with Crippen LogP contribution in [-0.4, -0.2) is 26.8 Å². The Labute approximate surface area is 207 Å². The molecule has 1 aliphatic carbocycles. The van der Waals surface area contributed by atoms with E-state index < -0.39 is 6.03 Å². The number of rotatable bonds is 6. The van der Waals surface area contributed by atoms with Crippen LogP contribution in [0.1, 0.15) is 45.9 Å². The van der Waals surface area contributed by atoms with Crippen molar-refractivity contribution in [3.8, 4) is 17.0 Å². The molecule has 0 aliphatic heterocycles. The summed E-state index contributed by atoms with van der Waals surface area (Å²) < 4.78 is 15.2. The average Bonchev–Trinajstić information content (AvgIpc) is 3.62. The van der Waals surface area contributed by atoms with Crippen molar-refractivity contribution >= 4 is 17.6 Å². The van der Waals surface area contributed by atoms with E-state index in [1.165, 1.54) is 16.8 Å². The summed E-state index contributed by atoms with van der Waals surface area (Å²) in [5, 5.41) is 20.7. The average molecular weight is 485 g/mol. The van der Waals surface area contributed by atoms with Crippen LogP contribution < -0.4 is 10.6 Å². The van der Waals surface area contributed by atoms with Gasteiger partial charge >= 0.3 is 6.03 Å². The number of hydrogen-bond acceptors (Lipinski definition) is 4. The molecule has 0 bridgehead atoms. The molecule has 182 valence electrons. The van der Waals surface area contributed by atoms with E-state index in [2.05, 4.69) is 15.7 Å². The Balaban J connectivity index is 1.35. The van der Waals surface area contributed by atoms with E-state index in [0.29, 0.717) is 28.1 Å². The molecular weight excluding hydrogens is 459 g/mol. The number of hydrogen-bond donors (Lipinski definition) is 3. The molecule has 0 atom stereocenters. The lowest BCUT2D eigenvalue weighted by Gasteiger charge is -2.09. The first-order chi connectivity index (χ1) is 17.4. The largest absolute Gasteiger partial charge is 0.507 e. The van der Waals surface area contributed by atoms with Crippen LogP contribution in [0.3, 0.4) is 0 Å². The number of nitrogens with zero attached hydrogens (tertiary/aromatic N) is 2. The van der Waals surface area contributed by atoms with E-state index in [9.17, 15) is 19.1 Å². The third-order valence-corrected chi connectivity index (χ3v) is 6.23. The summed E-state index contributed by atoms with van der Waals surface area (Å²) in [5.41, 5.74) is 3.84. The fraction of sp³-hybridized carbons (Fsp3) is 0.179. The number of halogens is 1. The fourth-order valence-electron chi connectivity index (χ4n) is 4.10. The highest BCUT2D eigenvalue weighted by Gasteiger charge is 2.31. The Morgan fingerprint density at radius 3 is 2.53 bits per heavy atom. The molecule has 4 aromatic rings. The van der Waals surface area contributed by atoms with Crippen molar-refractivity contribution in [2.75, 3.05) is 5.32 Å². The van der Waals surface area contributed by atoms with Crippen molar-refractivity contribution < 1.29 is 19.1 Å². The third kappa shape index (κ3) is 4.84. The molecule has 5 rings (SSSR count). The summed E-state index contributed by atoms with van der Waals surface area (Å²) in [6, 6.07) is 19.6. The number of benzene rings is 3. The van der Waals surface area contributed by atoms with Gasteiger partial charge in [-0.1, -0.05) is 36.4 Å². The zero-order chi connectivity index (χ0) is 25.2. The topological polar surface area (TPSA) is 96.3 Å². The number of amides is 2. The molecule has 1 aliphatic rings. The number of nitrogens with one attached hydrogen (secondary N) is 2. The molecule has 1 saturated carbocycles. The van der Waals surface area contributed by atoms with Crippen LogP contribution in [0.5, 0.6) is 5.75 Å². The van der Waals surface area contributed by atoms with Crippen molar-refractivity contribution in [3.63, 3.8) is 0 Å². The van der Waals surface area contributed by atoms with Crippen LogP contribution in [-0.2, 0) is 6.54 Å². The lowest BCUT2D eigenvalue weighted by atomic mass is 10.1. The SMILES string of the molecule is Cc1ccccc1C(=O)Nc1ccc(-c2cc(C3CC3)n(C(=O)NCc3ccccc3F)n2)c(O)c1. The maximum Gasteiger partial charge on any atom is 0.342 e. The number of aromatic hydroxyl groups is 1. The highest BCUT2D eigenvalue weighted by atomic mass is 19.1. The van der Waals surface area contributed by atoms with E-state index in [-0.39, 0.29) is 29.9 Å². The minimum absolute atomic E-state index is 0.0331. The maximum atomic E-state index is 13.9. The monoisotopic (exact) mass is 484 g/mol. The first-order valence-corrected chi connectivity index (χ1v) is 11.7. The molecule has 7 nitrogen and oxygen atoms in total. The van der Waals surface area contributed by atoms with E-state index in [1.54, 1.807) is 48.5 Å². The van der Waals surface area contributed by atoms with Crippen molar-refractivity contribution in [3.05, 3.63) is 101 Å². The van der Waals surface area contributed by atoms with Gasteiger partial charge in [-0.25, -0.2) is 9.18 Å². The van der Waals surface area contributed by atoms with Gasteiger partial charge in [-0.15, -0.1) is 0 Å². The van der Waals surface area contributed by atoms with Crippen molar-refractivity contribution in [1.82, 2.24) is 15.1 Å². The molecule has 3 N–H and O–H groups in total. The zero-order valence-corrected chi connectivity index (χ0v) is 19.7. The number of carbonyl (C=O) groups excluding carboxylic acids is 2. The summed E-state index contributed by atoms with van der Waals surface area (Å²) in [6.45, 7) is 1.89. The van der Waals surface area contributed by atoms with Crippen LogP contribution in [0.2, 0.25) is 0 Å². The van der Waals surface area contributed by atoms with E-state index in [1.807, 2.05) is 19.1 Å². The molecule has 3 aromatic carbocycles. The number of aryl methyl sites for hydroxylation is 1. The van der Waals surface area contributed by atoms with Gasteiger partial charge in [-0.2, -0.15) is 9.78 Å². The molecule has 0 radical (unpaired) electrons. The van der Waals surface area contributed by atoms with Gasteiger partial charge in [0.2, 0.25) is 0 Å². The van der Waals surface area contributed by atoms with Crippen molar-refractivity contribution in [2.45, 2.75) is 32.2 Å². The van der Waals surface area contributed by atoms with Crippen LogP contribution in [0, 0.1) is 12.7 Å². The van der Waals surface area contributed by atoms with Gasteiger partial charge in [0.05, 0.1) is 11.4 Å².